The van der Waals surface area contributed by atoms with Gasteiger partial charge in [-0.15, -0.1) is 0 Å². The summed E-state index contributed by atoms with van der Waals surface area (Å²) in [6.07, 6.45) is 5.37. The second-order valence-electron chi connectivity index (χ2n) is 5.35. The summed E-state index contributed by atoms with van der Waals surface area (Å²) in [5.74, 6) is 1.86. The largest absolute Gasteiger partial charge is 0.462 e. The van der Waals surface area contributed by atoms with E-state index in [1.54, 1.807) is 11.0 Å². The van der Waals surface area contributed by atoms with Crippen molar-refractivity contribution in [2.75, 3.05) is 13.1 Å². The van der Waals surface area contributed by atoms with Crippen molar-refractivity contribution in [1.29, 1.82) is 0 Å². The Morgan fingerprint density at radius 3 is 2.78 bits per heavy atom. The van der Waals surface area contributed by atoms with Crippen molar-refractivity contribution in [1.82, 2.24) is 4.90 Å². The monoisotopic (exact) mass is 247 g/mol. The number of nitrogens with zero attached hydrogens (tertiary/aromatic N) is 1. The van der Waals surface area contributed by atoms with Gasteiger partial charge in [-0.1, -0.05) is 0 Å². The molecule has 18 heavy (non-hydrogen) atoms. The Labute approximate surface area is 106 Å². The predicted octanol–water partition coefficient (Wildman–Crippen LogP) is 1.58. The minimum absolute atomic E-state index is 0.0608. The molecule has 2 fully saturated rings. The second-order valence-corrected chi connectivity index (χ2v) is 5.35. The summed E-state index contributed by atoms with van der Waals surface area (Å²) in [5.41, 5.74) is -0.606. The van der Waals surface area contributed by atoms with Crippen molar-refractivity contribution in [3.05, 3.63) is 29.7 Å². The zero-order valence-corrected chi connectivity index (χ0v) is 10.4. The van der Waals surface area contributed by atoms with Gasteiger partial charge in [0, 0.05) is 6.08 Å². The average molecular weight is 247 g/mol. The lowest BCUT2D eigenvalue weighted by molar-refractivity contribution is -0.154. The molecule has 4 nitrogen and oxygen atoms in total. The number of furan rings is 1. The van der Waals surface area contributed by atoms with E-state index in [2.05, 4.69) is 0 Å². The van der Waals surface area contributed by atoms with Gasteiger partial charge in [0.05, 0.1) is 13.1 Å². The standard InChI is InChI=1S/C14H17NO3/c1-10-2-5-12(18-10)6-7-13(16)15-8-14(17,9-15)11-3-4-11/h2,5-7,11,17H,3-4,8-9H2,1H3. The SMILES string of the molecule is Cc1ccc(C=CC(=O)N2CC(O)(C3CC3)C2)o1. The molecule has 1 aromatic rings. The molecule has 96 valence electrons. The quantitative estimate of drug-likeness (QED) is 0.825. The highest BCUT2D eigenvalue weighted by atomic mass is 16.3. The lowest BCUT2D eigenvalue weighted by Gasteiger charge is -2.46. The van der Waals surface area contributed by atoms with Gasteiger partial charge in [-0.2, -0.15) is 0 Å². The molecule has 4 heteroatoms. The molecule has 0 spiro atoms. The average Bonchev–Trinajstić information content (AvgIpc) is 3.06. The number of likely N-dealkylation sites (tertiary alicyclic amines) is 1. The van der Waals surface area contributed by atoms with Gasteiger partial charge in [0.1, 0.15) is 17.1 Å². The molecular weight excluding hydrogens is 230 g/mol. The number of aliphatic hydroxyl groups is 1. The Bertz CT molecular complexity index is 493. The molecule has 3 rings (SSSR count). The molecule has 1 saturated carbocycles. The minimum Gasteiger partial charge on any atom is -0.462 e. The minimum atomic E-state index is -0.606. The predicted molar refractivity (Wildman–Crippen MR) is 66.7 cm³/mol. The van der Waals surface area contributed by atoms with Crippen molar-refractivity contribution >= 4 is 12.0 Å². The second kappa shape index (κ2) is 3.99. The Kier molecular flexibility index (Phi) is 2.55. The molecule has 1 saturated heterocycles. The first kappa shape index (κ1) is 11.5. The van der Waals surface area contributed by atoms with Gasteiger partial charge in [0.25, 0.3) is 0 Å². The number of amides is 1. The third kappa shape index (κ3) is 2.08. The number of hydrogen-bond acceptors (Lipinski definition) is 3. The summed E-state index contributed by atoms with van der Waals surface area (Å²) in [7, 11) is 0. The molecule has 1 N–H and O–H groups in total. The van der Waals surface area contributed by atoms with Crippen LogP contribution in [0, 0.1) is 12.8 Å². The summed E-state index contributed by atoms with van der Waals surface area (Å²) in [5, 5.41) is 10.1. The van der Waals surface area contributed by atoms with Crippen LogP contribution in [0.3, 0.4) is 0 Å². The topological polar surface area (TPSA) is 53.7 Å². The van der Waals surface area contributed by atoms with Gasteiger partial charge < -0.3 is 14.4 Å². The number of rotatable bonds is 3. The highest BCUT2D eigenvalue weighted by Gasteiger charge is 2.52. The molecule has 1 amide bonds. The number of carbonyl (C=O) groups is 1. The summed E-state index contributed by atoms with van der Waals surface area (Å²) in [6, 6.07) is 3.69. The maximum absolute atomic E-state index is 11.8. The van der Waals surface area contributed by atoms with Crippen LogP contribution < -0.4 is 0 Å². The van der Waals surface area contributed by atoms with E-state index < -0.39 is 5.60 Å². The van der Waals surface area contributed by atoms with Crippen LogP contribution in [0.2, 0.25) is 0 Å². The van der Waals surface area contributed by atoms with Gasteiger partial charge in [-0.05, 0) is 43.9 Å². The molecule has 1 aromatic heterocycles. The highest BCUT2D eigenvalue weighted by Crippen LogP contribution is 2.44. The van der Waals surface area contributed by atoms with Gasteiger partial charge in [-0.25, -0.2) is 0 Å². The first-order valence-corrected chi connectivity index (χ1v) is 6.33. The third-order valence-corrected chi connectivity index (χ3v) is 3.73. The number of carbonyl (C=O) groups excluding carboxylic acids is 1. The van der Waals surface area contributed by atoms with Crippen molar-refractivity contribution in [2.45, 2.75) is 25.4 Å². The van der Waals surface area contributed by atoms with Crippen LogP contribution in [0.5, 0.6) is 0 Å². The molecule has 2 heterocycles. The summed E-state index contributed by atoms with van der Waals surface area (Å²) >= 11 is 0. The van der Waals surface area contributed by atoms with Gasteiger partial charge in [-0.3, -0.25) is 4.79 Å². The van der Waals surface area contributed by atoms with Gasteiger partial charge in [0.2, 0.25) is 5.91 Å². The smallest absolute Gasteiger partial charge is 0.246 e. The fourth-order valence-electron chi connectivity index (χ4n) is 2.45. The fraction of sp³-hybridized carbons (Fsp3) is 0.500. The molecule has 0 unspecified atom stereocenters. The van der Waals surface area contributed by atoms with Crippen LogP contribution in [0.25, 0.3) is 6.08 Å². The molecular formula is C14H17NO3. The van der Waals surface area contributed by atoms with Gasteiger partial charge >= 0.3 is 0 Å². The van der Waals surface area contributed by atoms with Crippen molar-refractivity contribution in [3.63, 3.8) is 0 Å². The van der Waals surface area contributed by atoms with Crippen LogP contribution in [-0.2, 0) is 4.79 Å². The lowest BCUT2D eigenvalue weighted by Crippen LogP contribution is -2.64. The zero-order chi connectivity index (χ0) is 12.8. The number of hydrogen-bond donors (Lipinski definition) is 1. The molecule has 0 aromatic carbocycles. The Morgan fingerprint density at radius 2 is 2.22 bits per heavy atom. The Hall–Kier alpha value is -1.55. The van der Waals surface area contributed by atoms with E-state index in [4.69, 9.17) is 4.42 Å². The normalized spacial score (nSPS) is 22.2. The highest BCUT2D eigenvalue weighted by molar-refractivity contribution is 5.92. The lowest BCUT2D eigenvalue weighted by atomic mass is 9.88. The third-order valence-electron chi connectivity index (χ3n) is 3.73. The Balaban J connectivity index is 1.55. The van der Waals surface area contributed by atoms with Crippen LogP contribution in [0.4, 0.5) is 0 Å². The van der Waals surface area contributed by atoms with E-state index in [-0.39, 0.29) is 5.91 Å². The van der Waals surface area contributed by atoms with Crippen LogP contribution in [-0.4, -0.2) is 34.6 Å². The molecule has 1 aliphatic carbocycles. The zero-order valence-electron chi connectivity index (χ0n) is 10.4. The van der Waals surface area contributed by atoms with Crippen LogP contribution in [0.15, 0.2) is 22.6 Å². The van der Waals surface area contributed by atoms with E-state index >= 15 is 0 Å². The number of β-amino-alcohol motifs (C(OH)–C–C–N with tert-alkyl or cyclic N) is 1. The van der Waals surface area contributed by atoms with Crippen molar-refractivity contribution in [2.24, 2.45) is 5.92 Å². The summed E-state index contributed by atoms with van der Waals surface area (Å²) in [4.78, 5) is 13.5. The fourth-order valence-corrected chi connectivity index (χ4v) is 2.45. The van der Waals surface area contributed by atoms with E-state index in [1.807, 2.05) is 19.1 Å². The van der Waals surface area contributed by atoms with E-state index in [9.17, 15) is 9.90 Å². The van der Waals surface area contributed by atoms with Crippen LogP contribution in [0.1, 0.15) is 24.4 Å². The van der Waals surface area contributed by atoms with Crippen molar-refractivity contribution in [3.8, 4) is 0 Å². The van der Waals surface area contributed by atoms with Crippen LogP contribution >= 0.6 is 0 Å². The number of aryl methyl sites for hydroxylation is 1. The maximum Gasteiger partial charge on any atom is 0.246 e. The first-order valence-electron chi connectivity index (χ1n) is 6.33. The summed E-state index contributed by atoms with van der Waals surface area (Å²) < 4.78 is 5.35. The van der Waals surface area contributed by atoms with E-state index in [1.165, 1.54) is 6.08 Å². The molecule has 0 radical (unpaired) electrons. The molecule has 0 bridgehead atoms. The Morgan fingerprint density at radius 1 is 1.50 bits per heavy atom. The van der Waals surface area contributed by atoms with E-state index in [0.29, 0.717) is 24.8 Å². The first-order chi connectivity index (χ1) is 8.57. The summed E-state index contributed by atoms with van der Waals surface area (Å²) in [6.45, 7) is 2.81. The van der Waals surface area contributed by atoms with Gasteiger partial charge in [0.15, 0.2) is 0 Å². The van der Waals surface area contributed by atoms with E-state index in [0.717, 1.165) is 18.6 Å². The molecule has 1 aliphatic heterocycles. The molecule has 2 aliphatic rings. The molecule has 0 atom stereocenters. The maximum atomic E-state index is 11.8. The van der Waals surface area contributed by atoms with Crippen molar-refractivity contribution < 1.29 is 14.3 Å².